The van der Waals surface area contributed by atoms with E-state index in [2.05, 4.69) is 21.3 Å². The second-order valence-corrected chi connectivity index (χ2v) is 7.29. The van der Waals surface area contributed by atoms with E-state index >= 15 is 0 Å². The van der Waals surface area contributed by atoms with Crippen LogP contribution in [0.1, 0.15) is 46.8 Å². The number of hydrogen-bond acceptors (Lipinski definition) is 4. The molecule has 2 aromatic rings. The zero-order valence-electron chi connectivity index (χ0n) is 15.1. The second kappa shape index (κ2) is 6.63. The van der Waals surface area contributed by atoms with Crippen LogP contribution >= 0.6 is 0 Å². The van der Waals surface area contributed by atoms with Crippen molar-refractivity contribution in [2.75, 3.05) is 26.2 Å². The van der Waals surface area contributed by atoms with Gasteiger partial charge in [0.25, 0.3) is 5.91 Å². The van der Waals surface area contributed by atoms with Crippen molar-refractivity contribution < 1.29 is 4.79 Å². The van der Waals surface area contributed by atoms with Crippen molar-refractivity contribution in [3.05, 3.63) is 35.4 Å². The SMILES string of the molecule is Cn1cc(CN2CCCN(C(=O)c3cnn(C)c3C3CC3)CC2)cn1. The second-order valence-electron chi connectivity index (χ2n) is 7.29. The fourth-order valence-electron chi connectivity index (χ4n) is 3.77. The molecule has 0 bridgehead atoms. The van der Waals surface area contributed by atoms with Crippen molar-refractivity contribution in [1.29, 1.82) is 0 Å². The maximum absolute atomic E-state index is 13.0. The zero-order valence-corrected chi connectivity index (χ0v) is 15.1. The first-order valence-corrected chi connectivity index (χ1v) is 9.13. The van der Waals surface area contributed by atoms with Gasteiger partial charge < -0.3 is 4.90 Å². The monoisotopic (exact) mass is 342 g/mol. The first-order chi connectivity index (χ1) is 12.1. The standard InChI is InChI=1S/C18H26N6O/c1-21-12-14(10-19-21)13-23-6-3-7-24(9-8-23)18(25)16-11-20-22(2)17(16)15-4-5-15/h10-12,15H,3-9,13H2,1-2H3. The van der Waals surface area contributed by atoms with Gasteiger partial charge in [0.1, 0.15) is 0 Å². The summed E-state index contributed by atoms with van der Waals surface area (Å²) in [6, 6.07) is 0. The largest absolute Gasteiger partial charge is 0.337 e. The Morgan fingerprint density at radius 1 is 1.12 bits per heavy atom. The first-order valence-electron chi connectivity index (χ1n) is 9.13. The van der Waals surface area contributed by atoms with Crippen molar-refractivity contribution in [2.24, 2.45) is 14.1 Å². The molecule has 0 radical (unpaired) electrons. The van der Waals surface area contributed by atoms with Gasteiger partial charge in [0, 0.05) is 64.5 Å². The van der Waals surface area contributed by atoms with Gasteiger partial charge in [-0.1, -0.05) is 0 Å². The highest BCUT2D eigenvalue weighted by Gasteiger charge is 2.33. The number of carbonyl (C=O) groups is 1. The van der Waals surface area contributed by atoms with Gasteiger partial charge in [0.05, 0.1) is 23.7 Å². The summed E-state index contributed by atoms with van der Waals surface area (Å²) >= 11 is 0. The summed E-state index contributed by atoms with van der Waals surface area (Å²) in [5.74, 6) is 0.679. The topological polar surface area (TPSA) is 59.2 Å². The maximum Gasteiger partial charge on any atom is 0.257 e. The summed E-state index contributed by atoms with van der Waals surface area (Å²) in [4.78, 5) is 17.4. The molecule has 1 saturated heterocycles. The lowest BCUT2D eigenvalue weighted by molar-refractivity contribution is 0.0760. The number of rotatable bonds is 4. The van der Waals surface area contributed by atoms with Crippen molar-refractivity contribution in [2.45, 2.75) is 31.7 Å². The first kappa shape index (κ1) is 16.3. The molecule has 134 valence electrons. The smallest absolute Gasteiger partial charge is 0.257 e. The molecule has 0 N–H and O–H groups in total. The normalized spacial score (nSPS) is 19.2. The third-order valence-corrected chi connectivity index (χ3v) is 5.22. The molecule has 1 amide bonds. The van der Waals surface area contributed by atoms with Crippen LogP contribution in [0.3, 0.4) is 0 Å². The van der Waals surface area contributed by atoms with E-state index in [0.717, 1.165) is 50.4 Å². The number of nitrogens with zero attached hydrogens (tertiary/aromatic N) is 6. The lowest BCUT2D eigenvalue weighted by Gasteiger charge is -2.22. The summed E-state index contributed by atoms with van der Waals surface area (Å²) in [6.07, 6.45) is 9.10. The predicted molar refractivity (Wildman–Crippen MR) is 94.2 cm³/mol. The van der Waals surface area contributed by atoms with Crippen LogP contribution in [0.2, 0.25) is 0 Å². The molecule has 0 spiro atoms. The average molecular weight is 342 g/mol. The van der Waals surface area contributed by atoms with Crippen LogP contribution in [0.25, 0.3) is 0 Å². The molecule has 2 fully saturated rings. The van der Waals surface area contributed by atoms with Crippen LogP contribution < -0.4 is 0 Å². The van der Waals surface area contributed by atoms with Crippen molar-refractivity contribution in [1.82, 2.24) is 29.4 Å². The number of amides is 1. The Balaban J connectivity index is 1.41. The van der Waals surface area contributed by atoms with E-state index in [1.807, 2.05) is 34.6 Å². The third-order valence-electron chi connectivity index (χ3n) is 5.22. The molecule has 1 aliphatic carbocycles. The molecule has 7 heteroatoms. The van der Waals surface area contributed by atoms with Gasteiger partial charge in [0.2, 0.25) is 0 Å². The summed E-state index contributed by atoms with van der Waals surface area (Å²) < 4.78 is 3.72. The Bertz CT molecular complexity index is 759. The van der Waals surface area contributed by atoms with Crippen LogP contribution in [0.4, 0.5) is 0 Å². The Kier molecular flexibility index (Phi) is 4.33. The Morgan fingerprint density at radius 2 is 1.96 bits per heavy atom. The quantitative estimate of drug-likeness (QED) is 0.842. The predicted octanol–water partition coefficient (Wildman–Crippen LogP) is 1.38. The van der Waals surface area contributed by atoms with Crippen molar-refractivity contribution >= 4 is 5.91 Å². The minimum Gasteiger partial charge on any atom is -0.337 e. The molecule has 2 aromatic heterocycles. The fraction of sp³-hybridized carbons (Fsp3) is 0.611. The number of aromatic nitrogens is 4. The van der Waals surface area contributed by atoms with E-state index < -0.39 is 0 Å². The van der Waals surface area contributed by atoms with E-state index in [0.29, 0.717) is 5.92 Å². The van der Waals surface area contributed by atoms with Crippen molar-refractivity contribution in [3.8, 4) is 0 Å². The number of hydrogen-bond donors (Lipinski definition) is 0. The summed E-state index contributed by atoms with van der Waals surface area (Å²) in [5, 5.41) is 8.58. The van der Waals surface area contributed by atoms with Crippen molar-refractivity contribution in [3.63, 3.8) is 0 Å². The van der Waals surface area contributed by atoms with E-state index in [1.165, 1.54) is 18.4 Å². The van der Waals surface area contributed by atoms with Crippen LogP contribution in [0.15, 0.2) is 18.6 Å². The van der Waals surface area contributed by atoms with Gasteiger partial charge in [0.15, 0.2) is 0 Å². The lowest BCUT2D eigenvalue weighted by Crippen LogP contribution is -2.35. The molecule has 25 heavy (non-hydrogen) atoms. The van der Waals surface area contributed by atoms with Gasteiger partial charge >= 0.3 is 0 Å². The molecule has 3 heterocycles. The summed E-state index contributed by atoms with van der Waals surface area (Å²) in [5.41, 5.74) is 3.16. The Hall–Kier alpha value is -2.15. The fourth-order valence-corrected chi connectivity index (χ4v) is 3.77. The summed E-state index contributed by atoms with van der Waals surface area (Å²) in [7, 11) is 3.89. The Labute approximate surface area is 148 Å². The van der Waals surface area contributed by atoms with Gasteiger partial charge in [-0.2, -0.15) is 10.2 Å². The molecule has 0 unspecified atom stereocenters. The molecule has 1 aliphatic heterocycles. The average Bonchev–Trinajstić information content (AvgIpc) is 3.29. The van der Waals surface area contributed by atoms with E-state index in [9.17, 15) is 4.79 Å². The molecule has 0 aromatic carbocycles. The zero-order chi connectivity index (χ0) is 17.4. The van der Waals surface area contributed by atoms with Crippen LogP contribution in [0.5, 0.6) is 0 Å². The van der Waals surface area contributed by atoms with Gasteiger partial charge in [-0.3, -0.25) is 19.1 Å². The molecule has 1 saturated carbocycles. The Morgan fingerprint density at radius 3 is 2.68 bits per heavy atom. The minimum absolute atomic E-state index is 0.151. The minimum atomic E-state index is 0.151. The van der Waals surface area contributed by atoms with Gasteiger partial charge in [-0.25, -0.2) is 0 Å². The molecule has 7 nitrogen and oxygen atoms in total. The van der Waals surface area contributed by atoms with E-state index in [-0.39, 0.29) is 5.91 Å². The molecule has 4 rings (SSSR count). The van der Waals surface area contributed by atoms with Gasteiger partial charge in [-0.15, -0.1) is 0 Å². The third kappa shape index (κ3) is 3.46. The highest BCUT2D eigenvalue weighted by atomic mass is 16.2. The highest BCUT2D eigenvalue weighted by molar-refractivity contribution is 5.95. The molecule has 2 aliphatic rings. The molecular formula is C18H26N6O. The van der Waals surface area contributed by atoms with E-state index in [1.54, 1.807) is 6.20 Å². The van der Waals surface area contributed by atoms with Crippen LogP contribution in [-0.4, -0.2) is 61.4 Å². The van der Waals surface area contributed by atoms with Crippen LogP contribution in [0, 0.1) is 0 Å². The highest BCUT2D eigenvalue weighted by Crippen LogP contribution is 2.41. The molecular weight excluding hydrogens is 316 g/mol. The maximum atomic E-state index is 13.0. The van der Waals surface area contributed by atoms with Crippen LogP contribution in [-0.2, 0) is 20.6 Å². The molecule has 0 atom stereocenters. The van der Waals surface area contributed by atoms with Gasteiger partial charge in [-0.05, 0) is 19.3 Å². The van der Waals surface area contributed by atoms with E-state index in [4.69, 9.17) is 0 Å². The number of carbonyl (C=O) groups excluding carboxylic acids is 1. The lowest BCUT2D eigenvalue weighted by atomic mass is 10.1. The summed E-state index contributed by atoms with van der Waals surface area (Å²) in [6.45, 7) is 4.41. The number of aryl methyl sites for hydroxylation is 2.